The summed E-state index contributed by atoms with van der Waals surface area (Å²) in [6.45, 7) is 11.0. The third-order valence-electron chi connectivity index (χ3n) is 5.12. The molecule has 0 radical (unpaired) electrons. The Hall–Kier alpha value is -2.07. The Kier molecular flexibility index (Phi) is 5.05. The Balaban J connectivity index is 1.51. The maximum atomic E-state index is 12.6. The number of aromatic amines is 1. The highest BCUT2D eigenvalue weighted by Crippen LogP contribution is 2.20. The van der Waals surface area contributed by atoms with E-state index in [9.17, 15) is 4.79 Å². The highest BCUT2D eigenvalue weighted by Gasteiger charge is 2.20. The number of aryl methyl sites for hydroxylation is 2. The van der Waals surface area contributed by atoms with Crippen molar-refractivity contribution >= 4 is 11.5 Å². The van der Waals surface area contributed by atoms with Crippen molar-refractivity contribution < 1.29 is 4.79 Å². The predicted octanol–water partition coefficient (Wildman–Crippen LogP) is 3.33. The molecule has 1 aromatic carbocycles. The van der Waals surface area contributed by atoms with Crippen LogP contribution in [0, 0.1) is 20.8 Å². The monoisotopic (exact) mass is 325 g/mol. The van der Waals surface area contributed by atoms with Gasteiger partial charge in [-0.15, -0.1) is 0 Å². The predicted molar refractivity (Wildman–Crippen MR) is 99.0 cm³/mol. The standard InChI is InChI=1S/C20H27N3O/c1-15-16(2)21-17(3)20(15)19(24)9-10-22-11-13-23(14-12-22)18-7-5-4-6-8-18/h4-8,21H,9-14H2,1-3H3. The number of nitrogens with zero attached hydrogens (tertiary/aromatic N) is 2. The van der Waals surface area contributed by atoms with Crippen LogP contribution in [0.15, 0.2) is 30.3 Å². The molecule has 1 aromatic heterocycles. The second-order valence-corrected chi connectivity index (χ2v) is 6.71. The minimum Gasteiger partial charge on any atom is -0.369 e. The number of hydrogen-bond donors (Lipinski definition) is 1. The second-order valence-electron chi connectivity index (χ2n) is 6.71. The molecule has 0 unspecified atom stereocenters. The molecule has 0 bridgehead atoms. The lowest BCUT2D eigenvalue weighted by Gasteiger charge is -2.36. The molecule has 1 saturated heterocycles. The molecule has 0 aliphatic carbocycles. The number of Topliss-reactive ketones (excluding diaryl/α,β-unsaturated/α-hetero) is 1. The van der Waals surface area contributed by atoms with E-state index in [-0.39, 0.29) is 5.78 Å². The molecule has 3 rings (SSSR count). The van der Waals surface area contributed by atoms with Gasteiger partial charge in [-0.3, -0.25) is 9.69 Å². The van der Waals surface area contributed by atoms with Gasteiger partial charge in [0.15, 0.2) is 5.78 Å². The number of H-pyrrole nitrogens is 1. The van der Waals surface area contributed by atoms with Gasteiger partial charge in [0.2, 0.25) is 0 Å². The molecule has 1 aliphatic rings. The molecule has 24 heavy (non-hydrogen) atoms. The fourth-order valence-corrected chi connectivity index (χ4v) is 3.58. The van der Waals surface area contributed by atoms with Crippen LogP contribution in [0.1, 0.15) is 33.7 Å². The first kappa shape index (κ1) is 16.8. The van der Waals surface area contributed by atoms with E-state index in [1.165, 1.54) is 5.69 Å². The minimum atomic E-state index is 0.264. The molecule has 0 saturated carbocycles. The fraction of sp³-hybridized carbons (Fsp3) is 0.450. The van der Waals surface area contributed by atoms with Gasteiger partial charge in [-0.1, -0.05) is 18.2 Å². The number of nitrogens with one attached hydrogen (secondary N) is 1. The number of rotatable bonds is 5. The Morgan fingerprint density at radius 3 is 2.25 bits per heavy atom. The van der Waals surface area contributed by atoms with Crippen molar-refractivity contribution in [2.45, 2.75) is 27.2 Å². The number of carbonyl (C=O) groups excluding carboxylic acids is 1. The normalized spacial score (nSPS) is 15.7. The third-order valence-corrected chi connectivity index (χ3v) is 5.12. The van der Waals surface area contributed by atoms with Crippen LogP contribution in [0.2, 0.25) is 0 Å². The molecular formula is C20H27N3O. The van der Waals surface area contributed by atoms with E-state index >= 15 is 0 Å². The van der Waals surface area contributed by atoms with Gasteiger partial charge in [-0.2, -0.15) is 0 Å². The maximum Gasteiger partial charge on any atom is 0.166 e. The summed E-state index contributed by atoms with van der Waals surface area (Å²) < 4.78 is 0. The third kappa shape index (κ3) is 3.54. The lowest BCUT2D eigenvalue weighted by molar-refractivity contribution is 0.0961. The Labute approximate surface area is 144 Å². The number of hydrogen-bond acceptors (Lipinski definition) is 3. The van der Waals surface area contributed by atoms with Crippen LogP contribution in [0.4, 0.5) is 5.69 Å². The number of anilines is 1. The molecule has 0 spiro atoms. The van der Waals surface area contributed by atoms with Crippen molar-refractivity contribution in [3.8, 4) is 0 Å². The molecule has 128 valence electrons. The number of piperazine rings is 1. The van der Waals surface area contributed by atoms with E-state index in [0.29, 0.717) is 6.42 Å². The highest BCUT2D eigenvalue weighted by atomic mass is 16.1. The summed E-state index contributed by atoms with van der Waals surface area (Å²) in [7, 11) is 0. The van der Waals surface area contributed by atoms with Crippen LogP contribution in [-0.4, -0.2) is 48.4 Å². The Bertz CT molecular complexity index is 697. The van der Waals surface area contributed by atoms with Gasteiger partial charge in [-0.25, -0.2) is 0 Å². The van der Waals surface area contributed by atoms with Crippen LogP contribution in [0.25, 0.3) is 0 Å². The molecule has 1 N–H and O–H groups in total. The van der Waals surface area contributed by atoms with E-state index < -0.39 is 0 Å². The zero-order valence-electron chi connectivity index (χ0n) is 14.9. The zero-order valence-corrected chi connectivity index (χ0v) is 14.9. The van der Waals surface area contributed by atoms with E-state index in [1.54, 1.807) is 0 Å². The average Bonchev–Trinajstić information content (AvgIpc) is 2.86. The molecular weight excluding hydrogens is 298 g/mol. The first-order valence-electron chi connectivity index (χ1n) is 8.77. The van der Waals surface area contributed by atoms with Gasteiger partial charge < -0.3 is 9.88 Å². The second kappa shape index (κ2) is 7.22. The number of carbonyl (C=O) groups is 1. The van der Waals surface area contributed by atoms with Crippen molar-refractivity contribution in [3.63, 3.8) is 0 Å². The number of aromatic nitrogens is 1. The molecule has 0 amide bonds. The molecule has 2 heterocycles. The first-order valence-corrected chi connectivity index (χ1v) is 8.77. The van der Waals surface area contributed by atoms with Crippen LogP contribution < -0.4 is 4.90 Å². The van der Waals surface area contributed by atoms with Crippen molar-refractivity contribution in [2.75, 3.05) is 37.6 Å². The summed E-state index contributed by atoms with van der Waals surface area (Å²) in [4.78, 5) is 20.7. The summed E-state index contributed by atoms with van der Waals surface area (Å²) in [6.07, 6.45) is 0.601. The van der Waals surface area contributed by atoms with Crippen molar-refractivity contribution in [1.29, 1.82) is 0 Å². The van der Waals surface area contributed by atoms with Gasteiger partial charge in [-0.05, 0) is 38.5 Å². The average molecular weight is 325 g/mol. The number of para-hydroxylation sites is 1. The maximum absolute atomic E-state index is 12.6. The van der Waals surface area contributed by atoms with Crippen molar-refractivity contribution in [1.82, 2.24) is 9.88 Å². The summed E-state index contributed by atoms with van der Waals surface area (Å²) in [6, 6.07) is 10.6. The summed E-state index contributed by atoms with van der Waals surface area (Å²) in [5, 5.41) is 0. The van der Waals surface area contributed by atoms with Crippen molar-refractivity contribution in [3.05, 3.63) is 52.8 Å². The molecule has 4 nitrogen and oxygen atoms in total. The quantitative estimate of drug-likeness (QED) is 0.857. The fourth-order valence-electron chi connectivity index (χ4n) is 3.58. The van der Waals surface area contributed by atoms with E-state index in [1.807, 2.05) is 20.8 Å². The largest absolute Gasteiger partial charge is 0.369 e. The summed E-state index contributed by atoms with van der Waals surface area (Å²) in [5.74, 6) is 0.264. The van der Waals surface area contributed by atoms with Crippen LogP contribution >= 0.6 is 0 Å². The van der Waals surface area contributed by atoms with E-state index in [2.05, 4.69) is 45.1 Å². The SMILES string of the molecule is Cc1[nH]c(C)c(C(=O)CCN2CCN(c3ccccc3)CC2)c1C. The van der Waals surface area contributed by atoms with Crippen LogP contribution in [0.5, 0.6) is 0 Å². The summed E-state index contributed by atoms with van der Waals surface area (Å²) >= 11 is 0. The number of ketones is 1. The topological polar surface area (TPSA) is 39.3 Å². The van der Waals surface area contributed by atoms with Gasteiger partial charge in [0, 0.05) is 61.8 Å². The van der Waals surface area contributed by atoms with Gasteiger partial charge in [0.1, 0.15) is 0 Å². The molecule has 2 aromatic rings. The number of benzene rings is 1. The van der Waals surface area contributed by atoms with Crippen LogP contribution in [-0.2, 0) is 0 Å². The minimum absolute atomic E-state index is 0.264. The molecule has 1 fully saturated rings. The van der Waals surface area contributed by atoms with E-state index in [0.717, 1.165) is 55.2 Å². The Morgan fingerprint density at radius 2 is 1.67 bits per heavy atom. The highest BCUT2D eigenvalue weighted by molar-refractivity contribution is 5.99. The first-order chi connectivity index (χ1) is 11.6. The Morgan fingerprint density at radius 1 is 1.00 bits per heavy atom. The van der Waals surface area contributed by atoms with Gasteiger partial charge >= 0.3 is 0 Å². The molecule has 0 atom stereocenters. The van der Waals surface area contributed by atoms with Crippen LogP contribution in [0.3, 0.4) is 0 Å². The lowest BCUT2D eigenvalue weighted by atomic mass is 10.0. The molecule has 1 aliphatic heterocycles. The smallest absolute Gasteiger partial charge is 0.166 e. The van der Waals surface area contributed by atoms with E-state index in [4.69, 9.17) is 0 Å². The van der Waals surface area contributed by atoms with Gasteiger partial charge in [0.25, 0.3) is 0 Å². The lowest BCUT2D eigenvalue weighted by Crippen LogP contribution is -2.46. The van der Waals surface area contributed by atoms with Gasteiger partial charge in [0.05, 0.1) is 0 Å². The molecule has 4 heteroatoms. The van der Waals surface area contributed by atoms with Crippen molar-refractivity contribution in [2.24, 2.45) is 0 Å². The summed E-state index contributed by atoms with van der Waals surface area (Å²) in [5.41, 5.74) is 5.40. The zero-order chi connectivity index (χ0) is 17.1.